The van der Waals surface area contributed by atoms with Crippen LogP contribution in [0.25, 0.3) is 10.4 Å². The van der Waals surface area contributed by atoms with Crippen LogP contribution in [0, 0.1) is 6.92 Å². The number of carbonyl (C=O) groups excluding carboxylic acids is 2. The summed E-state index contributed by atoms with van der Waals surface area (Å²) in [5, 5.41) is 0. The predicted octanol–water partition coefficient (Wildman–Crippen LogP) is 3.32. The molecule has 0 unspecified atom stereocenters. The lowest BCUT2D eigenvalue weighted by Crippen LogP contribution is -2.03. The number of ether oxygens (including phenoxy) is 1. The highest BCUT2D eigenvalue weighted by Crippen LogP contribution is 2.29. The largest absolute Gasteiger partial charge is 0.465 e. The Morgan fingerprint density at radius 1 is 1.28 bits per heavy atom. The molecule has 0 radical (unpaired) electrons. The highest BCUT2D eigenvalue weighted by molar-refractivity contribution is 7.17. The molecule has 4 heteroatoms. The lowest BCUT2D eigenvalue weighted by atomic mass is 10.0. The van der Waals surface area contributed by atoms with Gasteiger partial charge in [-0.25, -0.2) is 4.79 Å². The molecule has 18 heavy (non-hydrogen) atoms. The maximum Gasteiger partial charge on any atom is 0.338 e. The van der Waals surface area contributed by atoms with Crippen molar-refractivity contribution in [1.82, 2.24) is 0 Å². The van der Waals surface area contributed by atoms with Gasteiger partial charge in [-0.2, -0.15) is 0 Å². The van der Waals surface area contributed by atoms with Gasteiger partial charge < -0.3 is 4.74 Å². The van der Waals surface area contributed by atoms with Crippen LogP contribution >= 0.6 is 11.3 Å². The van der Waals surface area contributed by atoms with Gasteiger partial charge in [-0.05, 0) is 36.2 Å². The minimum absolute atomic E-state index is 0.346. The van der Waals surface area contributed by atoms with Gasteiger partial charge in [0.2, 0.25) is 0 Å². The summed E-state index contributed by atoms with van der Waals surface area (Å²) in [5.74, 6) is -0.346. The molecule has 1 aromatic heterocycles. The number of methoxy groups -OCH3 is 1. The molecule has 1 heterocycles. The highest BCUT2D eigenvalue weighted by atomic mass is 32.1. The molecule has 0 spiro atoms. The second-order valence-electron chi connectivity index (χ2n) is 3.84. The Morgan fingerprint density at radius 3 is 2.67 bits per heavy atom. The van der Waals surface area contributed by atoms with Crippen molar-refractivity contribution in [1.29, 1.82) is 0 Å². The second kappa shape index (κ2) is 5.14. The third kappa shape index (κ3) is 2.33. The number of aldehydes is 1. The van der Waals surface area contributed by atoms with Crippen LogP contribution in [-0.4, -0.2) is 19.4 Å². The van der Waals surface area contributed by atoms with Gasteiger partial charge in [0, 0.05) is 4.88 Å². The van der Waals surface area contributed by atoms with Crippen molar-refractivity contribution in [3.8, 4) is 10.4 Å². The van der Waals surface area contributed by atoms with E-state index in [4.69, 9.17) is 4.74 Å². The molecule has 0 saturated carbocycles. The minimum Gasteiger partial charge on any atom is -0.465 e. The highest BCUT2D eigenvalue weighted by Gasteiger charge is 2.11. The van der Waals surface area contributed by atoms with E-state index in [0.717, 1.165) is 22.3 Å². The van der Waals surface area contributed by atoms with Gasteiger partial charge in [-0.3, -0.25) is 4.79 Å². The zero-order valence-corrected chi connectivity index (χ0v) is 10.9. The van der Waals surface area contributed by atoms with Crippen LogP contribution in [-0.2, 0) is 4.74 Å². The number of esters is 1. The first-order valence-electron chi connectivity index (χ1n) is 5.40. The van der Waals surface area contributed by atoms with Crippen LogP contribution in [0.3, 0.4) is 0 Å². The first-order chi connectivity index (χ1) is 8.65. The molecule has 2 rings (SSSR count). The van der Waals surface area contributed by atoms with E-state index in [1.807, 2.05) is 25.1 Å². The van der Waals surface area contributed by atoms with Crippen LogP contribution in [0.2, 0.25) is 0 Å². The fourth-order valence-corrected chi connectivity index (χ4v) is 2.50. The fourth-order valence-electron chi connectivity index (χ4n) is 1.68. The number of carbonyl (C=O) groups is 2. The van der Waals surface area contributed by atoms with Crippen LogP contribution in [0.5, 0.6) is 0 Å². The fraction of sp³-hybridized carbons (Fsp3) is 0.143. The molecule has 0 aliphatic heterocycles. The molecule has 0 aliphatic carbocycles. The van der Waals surface area contributed by atoms with Gasteiger partial charge in [0.15, 0.2) is 6.29 Å². The van der Waals surface area contributed by atoms with Gasteiger partial charge in [-0.15, -0.1) is 11.3 Å². The van der Waals surface area contributed by atoms with E-state index in [9.17, 15) is 9.59 Å². The average Bonchev–Trinajstić information content (AvgIpc) is 2.87. The van der Waals surface area contributed by atoms with Crippen molar-refractivity contribution in [3.63, 3.8) is 0 Å². The number of rotatable bonds is 3. The predicted molar refractivity (Wildman–Crippen MR) is 71.2 cm³/mol. The lowest BCUT2D eigenvalue weighted by molar-refractivity contribution is 0.0600. The molecule has 0 fully saturated rings. The average molecular weight is 260 g/mol. The molecular formula is C14H12O3S. The van der Waals surface area contributed by atoms with Crippen molar-refractivity contribution < 1.29 is 14.3 Å². The van der Waals surface area contributed by atoms with Gasteiger partial charge >= 0.3 is 5.97 Å². The van der Waals surface area contributed by atoms with E-state index in [0.29, 0.717) is 10.4 Å². The third-order valence-corrected chi connectivity index (χ3v) is 3.73. The molecule has 0 atom stereocenters. The number of aryl methyl sites for hydroxylation is 1. The Hall–Kier alpha value is -1.94. The summed E-state index contributed by atoms with van der Waals surface area (Å²) in [6, 6.07) is 9.25. The molecule has 0 amide bonds. The van der Waals surface area contributed by atoms with Crippen LogP contribution in [0.15, 0.2) is 30.3 Å². The standard InChI is InChI=1S/C14H12O3S/c1-9-3-4-10(7-12(9)14(16)17-2)13-6-5-11(8-15)18-13/h3-8H,1-2H3. The first kappa shape index (κ1) is 12.5. The molecule has 0 N–H and O–H groups in total. The molecule has 2 aromatic rings. The summed E-state index contributed by atoms with van der Waals surface area (Å²) in [4.78, 5) is 23.9. The number of hydrogen-bond acceptors (Lipinski definition) is 4. The zero-order chi connectivity index (χ0) is 13.1. The molecule has 1 aromatic carbocycles. The Kier molecular flexibility index (Phi) is 3.58. The van der Waals surface area contributed by atoms with Gasteiger partial charge in [-0.1, -0.05) is 12.1 Å². The Balaban J connectivity index is 2.46. The van der Waals surface area contributed by atoms with Crippen molar-refractivity contribution in [2.24, 2.45) is 0 Å². The lowest BCUT2D eigenvalue weighted by Gasteiger charge is -2.05. The summed E-state index contributed by atoms with van der Waals surface area (Å²) < 4.78 is 4.74. The van der Waals surface area contributed by atoms with E-state index < -0.39 is 0 Å². The summed E-state index contributed by atoms with van der Waals surface area (Å²) in [5.41, 5.74) is 2.34. The van der Waals surface area contributed by atoms with Crippen LogP contribution in [0.4, 0.5) is 0 Å². The molecule has 0 aliphatic rings. The van der Waals surface area contributed by atoms with Gasteiger partial charge in [0.1, 0.15) is 0 Å². The second-order valence-corrected chi connectivity index (χ2v) is 4.96. The van der Waals surface area contributed by atoms with E-state index in [-0.39, 0.29) is 5.97 Å². The summed E-state index contributed by atoms with van der Waals surface area (Å²) >= 11 is 1.40. The van der Waals surface area contributed by atoms with E-state index in [2.05, 4.69) is 0 Å². The monoisotopic (exact) mass is 260 g/mol. The summed E-state index contributed by atoms with van der Waals surface area (Å²) in [7, 11) is 1.37. The minimum atomic E-state index is -0.346. The van der Waals surface area contributed by atoms with Crippen molar-refractivity contribution >= 4 is 23.6 Å². The molecular weight excluding hydrogens is 248 g/mol. The Morgan fingerprint density at radius 2 is 2.06 bits per heavy atom. The maximum atomic E-state index is 11.6. The SMILES string of the molecule is COC(=O)c1cc(-c2ccc(C=O)s2)ccc1C. The zero-order valence-electron chi connectivity index (χ0n) is 10.1. The number of benzene rings is 1. The van der Waals surface area contributed by atoms with Gasteiger partial charge in [0.05, 0.1) is 17.6 Å². The smallest absolute Gasteiger partial charge is 0.338 e. The normalized spacial score (nSPS) is 10.1. The molecule has 0 bridgehead atoms. The first-order valence-corrected chi connectivity index (χ1v) is 6.21. The quantitative estimate of drug-likeness (QED) is 0.628. The van der Waals surface area contributed by atoms with Crippen molar-refractivity contribution in [2.45, 2.75) is 6.92 Å². The van der Waals surface area contributed by atoms with E-state index in [1.165, 1.54) is 18.4 Å². The van der Waals surface area contributed by atoms with E-state index >= 15 is 0 Å². The summed E-state index contributed by atoms with van der Waals surface area (Å²) in [6.45, 7) is 1.86. The molecule has 92 valence electrons. The van der Waals surface area contributed by atoms with Crippen molar-refractivity contribution in [2.75, 3.05) is 7.11 Å². The molecule has 0 saturated heterocycles. The topological polar surface area (TPSA) is 43.4 Å². The Labute approximate surface area is 109 Å². The van der Waals surface area contributed by atoms with Gasteiger partial charge in [0.25, 0.3) is 0 Å². The Bertz CT molecular complexity index is 599. The van der Waals surface area contributed by atoms with Crippen LogP contribution in [0.1, 0.15) is 25.6 Å². The van der Waals surface area contributed by atoms with E-state index in [1.54, 1.807) is 12.1 Å². The van der Waals surface area contributed by atoms with Crippen molar-refractivity contribution in [3.05, 3.63) is 46.3 Å². The maximum absolute atomic E-state index is 11.6. The molecule has 3 nitrogen and oxygen atoms in total. The summed E-state index contributed by atoms with van der Waals surface area (Å²) in [6.07, 6.45) is 0.823. The van der Waals surface area contributed by atoms with Crippen LogP contribution < -0.4 is 0 Å². The number of thiophene rings is 1. The third-order valence-electron chi connectivity index (χ3n) is 2.67. The number of hydrogen-bond donors (Lipinski definition) is 0.